The van der Waals surface area contributed by atoms with E-state index in [2.05, 4.69) is 4.90 Å². The molecule has 13 heavy (non-hydrogen) atoms. The zero-order valence-electron chi connectivity index (χ0n) is 7.89. The second-order valence-corrected chi connectivity index (χ2v) is 4.11. The average molecular weight is 202 g/mol. The lowest BCUT2D eigenvalue weighted by atomic mass is 10.0. The summed E-state index contributed by atoms with van der Waals surface area (Å²) in [6.07, 6.45) is 4.79. The Morgan fingerprint density at radius 2 is 1.77 bits per heavy atom. The number of rotatable bonds is 1. The lowest BCUT2D eigenvalue weighted by Gasteiger charge is -2.33. The van der Waals surface area contributed by atoms with Gasteiger partial charge >= 0.3 is 0 Å². The third kappa shape index (κ3) is 2.18. The highest BCUT2D eigenvalue weighted by Gasteiger charge is 2.18. The number of nitrogens with zero attached hydrogens (tertiary/aromatic N) is 1. The number of ether oxygens (including phenoxy) is 1. The van der Waals surface area contributed by atoms with Crippen molar-refractivity contribution < 1.29 is 4.74 Å². The Morgan fingerprint density at radius 3 is 2.46 bits per heavy atom. The topological polar surface area (TPSA) is 12.5 Å². The molecule has 0 spiro atoms. The van der Waals surface area contributed by atoms with E-state index in [1.807, 2.05) is 0 Å². The van der Waals surface area contributed by atoms with Crippen LogP contribution in [-0.2, 0) is 4.74 Å². The van der Waals surface area contributed by atoms with Crippen LogP contribution in [-0.4, -0.2) is 31.2 Å². The monoisotopic (exact) mass is 201 g/mol. The van der Waals surface area contributed by atoms with Gasteiger partial charge in [-0.15, -0.1) is 0 Å². The average Bonchev–Trinajstić information content (AvgIpc) is 2.20. The zero-order chi connectivity index (χ0) is 9.10. The van der Waals surface area contributed by atoms with Gasteiger partial charge in [0.05, 0.1) is 13.2 Å². The maximum atomic E-state index is 6.21. The minimum Gasteiger partial charge on any atom is -0.378 e. The van der Waals surface area contributed by atoms with Crippen LogP contribution in [0.25, 0.3) is 0 Å². The van der Waals surface area contributed by atoms with Crippen LogP contribution >= 0.6 is 11.6 Å². The summed E-state index contributed by atoms with van der Waals surface area (Å²) in [7, 11) is 0. The van der Waals surface area contributed by atoms with E-state index in [0.29, 0.717) is 0 Å². The van der Waals surface area contributed by atoms with Crippen LogP contribution in [0.2, 0.25) is 0 Å². The van der Waals surface area contributed by atoms with Crippen LogP contribution in [0.15, 0.2) is 10.7 Å². The Labute approximate surface area is 84.5 Å². The summed E-state index contributed by atoms with van der Waals surface area (Å²) >= 11 is 6.21. The van der Waals surface area contributed by atoms with Gasteiger partial charge in [-0.05, 0) is 25.7 Å². The number of hydrogen-bond acceptors (Lipinski definition) is 2. The Hall–Kier alpha value is -0.210. The van der Waals surface area contributed by atoms with Crippen molar-refractivity contribution in [2.45, 2.75) is 25.7 Å². The molecule has 3 heteroatoms. The van der Waals surface area contributed by atoms with Crippen molar-refractivity contribution >= 4 is 11.6 Å². The molecule has 0 aromatic rings. The van der Waals surface area contributed by atoms with Gasteiger partial charge in [0.2, 0.25) is 0 Å². The van der Waals surface area contributed by atoms with Crippen LogP contribution in [0.3, 0.4) is 0 Å². The number of allylic oxidation sites excluding steroid dienone is 2. The fraction of sp³-hybridized carbons (Fsp3) is 0.800. The van der Waals surface area contributed by atoms with E-state index in [1.54, 1.807) is 0 Å². The summed E-state index contributed by atoms with van der Waals surface area (Å²) in [5.41, 5.74) is 1.39. The molecule has 1 heterocycles. The quantitative estimate of drug-likeness (QED) is 0.646. The van der Waals surface area contributed by atoms with Gasteiger partial charge in [-0.1, -0.05) is 11.6 Å². The predicted octanol–water partition coefficient (Wildman–Crippen LogP) is 2.34. The summed E-state index contributed by atoms with van der Waals surface area (Å²) in [5.74, 6) is 0. The maximum Gasteiger partial charge on any atom is 0.0642 e. The molecule has 1 aliphatic carbocycles. The second-order valence-electron chi connectivity index (χ2n) is 3.66. The summed E-state index contributed by atoms with van der Waals surface area (Å²) < 4.78 is 5.32. The Bertz CT molecular complexity index is 209. The molecule has 1 aliphatic heterocycles. The first-order chi connectivity index (χ1) is 6.38. The SMILES string of the molecule is ClC1=C(N2CCOCC2)CCCC1. The normalized spacial score (nSPS) is 25.2. The Morgan fingerprint density at radius 1 is 1.08 bits per heavy atom. The summed E-state index contributed by atoms with van der Waals surface area (Å²) in [4.78, 5) is 2.39. The van der Waals surface area contributed by atoms with E-state index < -0.39 is 0 Å². The molecule has 1 saturated heterocycles. The van der Waals surface area contributed by atoms with Crippen molar-refractivity contribution in [1.29, 1.82) is 0 Å². The standard InChI is InChI=1S/C10H16ClNO/c11-9-3-1-2-4-10(9)12-5-7-13-8-6-12/h1-8H2. The molecule has 0 saturated carbocycles. The molecule has 0 amide bonds. The predicted molar refractivity (Wildman–Crippen MR) is 53.7 cm³/mol. The van der Waals surface area contributed by atoms with Crippen molar-refractivity contribution in [3.63, 3.8) is 0 Å². The fourth-order valence-electron chi connectivity index (χ4n) is 2.02. The van der Waals surface area contributed by atoms with Gasteiger partial charge in [0.1, 0.15) is 0 Å². The van der Waals surface area contributed by atoms with Gasteiger partial charge in [-0.2, -0.15) is 0 Å². The van der Waals surface area contributed by atoms with Crippen molar-refractivity contribution in [2.75, 3.05) is 26.3 Å². The van der Waals surface area contributed by atoms with Gasteiger partial charge in [0, 0.05) is 23.8 Å². The van der Waals surface area contributed by atoms with Crippen LogP contribution in [0.5, 0.6) is 0 Å². The molecule has 0 bridgehead atoms. The van der Waals surface area contributed by atoms with Crippen LogP contribution < -0.4 is 0 Å². The highest BCUT2D eigenvalue weighted by molar-refractivity contribution is 6.29. The van der Waals surface area contributed by atoms with Crippen molar-refractivity contribution in [1.82, 2.24) is 4.90 Å². The molecule has 74 valence electrons. The molecule has 0 atom stereocenters. The van der Waals surface area contributed by atoms with Crippen LogP contribution in [0.1, 0.15) is 25.7 Å². The van der Waals surface area contributed by atoms with E-state index in [0.717, 1.165) is 37.8 Å². The Balaban J connectivity index is 2.04. The van der Waals surface area contributed by atoms with Gasteiger partial charge < -0.3 is 9.64 Å². The number of morpholine rings is 1. The molecule has 2 nitrogen and oxygen atoms in total. The van der Waals surface area contributed by atoms with E-state index in [-0.39, 0.29) is 0 Å². The molecule has 0 unspecified atom stereocenters. The summed E-state index contributed by atoms with van der Waals surface area (Å²) in [6.45, 7) is 3.75. The molecule has 0 N–H and O–H groups in total. The summed E-state index contributed by atoms with van der Waals surface area (Å²) in [6, 6.07) is 0. The van der Waals surface area contributed by atoms with Gasteiger partial charge in [0.15, 0.2) is 0 Å². The zero-order valence-corrected chi connectivity index (χ0v) is 8.65. The first-order valence-electron chi connectivity index (χ1n) is 5.08. The lowest BCUT2D eigenvalue weighted by molar-refractivity contribution is 0.0510. The number of hydrogen-bond donors (Lipinski definition) is 0. The first-order valence-corrected chi connectivity index (χ1v) is 5.46. The van der Waals surface area contributed by atoms with Crippen LogP contribution in [0.4, 0.5) is 0 Å². The molecule has 1 fully saturated rings. The third-order valence-electron chi connectivity index (χ3n) is 2.77. The Kier molecular flexibility index (Phi) is 3.12. The maximum absolute atomic E-state index is 6.21. The fourth-order valence-corrected chi connectivity index (χ4v) is 2.36. The van der Waals surface area contributed by atoms with E-state index in [9.17, 15) is 0 Å². The lowest BCUT2D eigenvalue weighted by Crippen LogP contribution is -2.36. The smallest absolute Gasteiger partial charge is 0.0642 e. The van der Waals surface area contributed by atoms with Crippen molar-refractivity contribution in [2.24, 2.45) is 0 Å². The van der Waals surface area contributed by atoms with Crippen LogP contribution in [0, 0.1) is 0 Å². The number of halogens is 1. The van der Waals surface area contributed by atoms with Gasteiger partial charge in [-0.25, -0.2) is 0 Å². The molecule has 0 aromatic heterocycles. The van der Waals surface area contributed by atoms with Gasteiger partial charge in [0.25, 0.3) is 0 Å². The molecule has 0 aromatic carbocycles. The minimum absolute atomic E-state index is 0.855. The third-order valence-corrected chi connectivity index (χ3v) is 3.17. The molecule has 0 radical (unpaired) electrons. The van der Waals surface area contributed by atoms with Gasteiger partial charge in [-0.3, -0.25) is 0 Å². The highest BCUT2D eigenvalue weighted by Crippen LogP contribution is 2.29. The minimum atomic E-state index is 0.855. The van der Waals surface area contributed by atoms with Crippen molar-refractivity contribution in [3.05, 3.63) is 10.7 Å². The van der Waals surface area contributed by atoms with Crippen molar-refractivity contribution in [3.8, 4) is 0 Å². The molecular weight excluding hydrogens is 186 g/mol. The second kappa shape index (κ2) is 4.34. The molecule has 2 rings (SSSR count). The van der Waals surface area contributed by atoms with E-state index in [1.165, 1.54) is 25.0 Å². The largest absolute Gasteiger partial charge is 0.378 e. The highest BCUT2D eigenvalue weighted by atomic mass is 35.5. The first kappa shape index (κ1) is 9.35. The molecular formula is C10H16ClNO. The van der Waals surface area contributed by atoms with E-state index in [4.69, 9.17) is 16.3 Å². The molecule has 2 aliphatic rings. The van der Waals surface area contributed by atoms with E-state index >= 15 is 0 Å². The summed E-state index contributed by atoms with van der Waals surface area (Å²) in [5, 5.41) is 1.09.